The van der Waals surface area contributed by atoms with Crippen LogP contribution in [0.15, 0.2) is 71.2 Å². The van der Waals surface area contributed by atoms with Gasteiger partial charge in [-0.25, -0.2) is 0 Å². The molecule has 0 aromatic heterocycles. The lowest BCUT2D eigenvalue weighted by molar-refractivity contribution is -0.385. The number of aryl methyl sites for hydroxylation is 2. The first-order valence-electron chi connectivity index (χ1n) is 8.00. The van der Waals surface area contributed by atoms with Gasteiger partial charge in [0.25, 0.3) is 11.4 Å². The summed E-state index contributed by atoms with van der Waals surface area (Å²) in [7, 11) is 0. The summed E-state index contributed by atoms with van der Waals surface area (Å²) in [5.74, 6) is 0. The maximum atomic E-state index is 10.7. The molecule has 0 amide bonds. The number of rotatable bonds is 3. The second-order valence-electron chi connectivity index (χ2n) is 5.81. The molecule has 27 heavy (non-hydrogen) atoms. The lowest BCUT2D eigenvalue weighted by Crippen LogP contribution is -1.90. The van der Waals surface area contributed by atoms with Crippen molar-refractivity contribution >= 4 is 27.3 Å². The standard InChI is InChI=1S/C13H11NO2.C7H6BrNO2/c1-10-7-8-12(14(15)16)9-13(10)11-5-3-2-4-6-11;1-5-2-3-6(9(10)11)4-7(5)8/h2-9H,1H3;2-4H,1H3. The van der Waals surface area contributed by atoms with Crippen molar-refractivity contribution in [2.45, 2.75) is 13.8 Å². The third-order valence-electron chi connectivity index (χ3n) is 3.88. The van der Waals surface area contributed by atoms with Crippen LogP contribution in [0.1, 0.15) is 11.1 Å². The number of nitro benzene ring substituents is 2. The summed E-state index contributed by atoms with van der Waals surface area (Å²) >= 11 is 3.21. The van der Waals surface area contributed by atoms with Crippen molar-refractivity contribution in [1.29, 1.82) is 0 Å². The number of non-ortho nitro benzene ring substituents is 2. The Balaban J connectivity index is 0.000000208. The predicted molar refractivity (Wildman–Crippen MR) is 109 cm³/mol. The summed E-state index contributed by atoms with van der Waals surface area (Å²) in [4.78, 5) is 20.2. The predicted octanol–water partition coefficient (Wildman–Crippen LogP) is 6.24. The van der Waals surface area contributed by atoms with E-state index in [1.807, 2.05) is 44.2 Å². The number of nitro groups is 2. The Hall–Kier alpha value is -3.06. The van der Waals surface area contributed by atoms with Crippen LogP contribution in [0.25, 0.3) is 11.1 Å². The zero-order valence-corrected chi connectivity index (χ0v) is 16.3. The molecule has 138 valence electrons. The molecule has 0 atom stereocenters. The monoisotopic (exact) mass is 428 g/mol. The molecule has 0 saturated carbocycles. The van der Waals surface area contributed by atoms with Gasteiger partial charge in [0.05, 0.1) is 9.85 Å². The minimum atomic E-state index is -0.412. The van der Waals surface area contributed by atoms with E-state index in [-0.39, 0.29) is 16.3 Å². The highest BCUT2D eigenvalue weighted by molar-refractivity contribution is 9.10. The smallest absolute Gasteiger partial charge is 0.258 e. The number of hydrogen-bond donors (Lipinski definition) is 0. The maximum absolute atomic E-state index is 10.7. The molecule has 0 spiro atoms. The fraction of sp³-hybridized carbons (Fsp3) is 0.100. The van der Waals surface area contributed by atoms with Crippen molar-refractivity contribution < 1.29 is 9.85 Å². The van der Waals surface area contributed by atoms with E-state index >= 15 is 0 Å². The van der Waals surface area contributed by atoms with E-state index < -0.39 is 4.92 Å². The Morgan fingerprint density at radius 1 is 0.741 bits per heavy atom. The van der Waals surface area contributed by atoms with Crippen molar-refractivity contribution in [1.82, 2.24) is 0 Å². The average molecular weight is 429 g/mol. The van der Waals surface area contributed by atoms with Crippen LogP contribution in [0, 0.1) is 34.1 Å². The van der Waals surface area contributed by atoms with Gasteiger partial charge in [0.2, 0.25) is 0 Å². The Morgan fingerprint density at radius 2 is 1.26 bits per heavy atom. The van der Waals surface area contributed by atoms with Gasteiger partial charge in [0.1, 0.15) is 0 Å². The van der Waals surface area contributed by atoms with Crippen LogP contribution >= 0.6 is 15.9 Å². The summed E-state index contributed by atoms with van der Waals surface area (Å²) in [6.45, 7) is 3.83. The Labute approximate surface area is 164 Å². The van der Waals surface area contributed by atoms with Crippen molar-refractivity contribution in [3.8, 4) is 11.1 Å². The van der Waals surface area contributed by atoms with Crippen LogP contribution in [0.3, 0.4) is 0 Å². The minimum Gasteiger partial charge on any atom is -0.258 e. The number of benzene rings is 3. The second-order valence-corrected chi connectivity index (χ2v) is 6.67. The molecule has 0 radical (unpaired) electrons. The average Bonchev–Trinajstić information content (AvgIpc) is 2.65. The van der Waals surface area contributed by atoms with Crippen LogP contribution < -0.4 is 0 Å². The highest BCUT2D eigenvalue weighted by Gasteiger charge is 2.09. The molecular formula is C20H17BrN2O4. The summed E-state index contributed by atoms with van der Waals surface area (Å²) < 4.78 is 0.770. The van der Waals surface area contributed by atoms with Gasteiger partial charge in [-0.15, -0.1) is 0 Å². The lowest BCUT2D eigenvalue weighted by Gasteiger charge is -2.05. The highest BCUT2D eigenvalue weighted by atomic mass is 79.9. The maximum Gasteiger partial charge on any atom is 0.270 e. The largest absolute Gasteiger partial charge is 0.270 e. The Morgan fingerprint density at radius 3 is 1.78 bits per heavy atom. The fourth-order valence-electron chi connectivity index (χ4n) is 2.35. The van der Waals surface area contributed by atoms with Crippen molar-refractivity contribution in [3.05, 3.63) is 103 Å². The normalized spacial score (nSPS) is 9.89. The van der Waals surface area contributed by atoms with E-state index in [0.717, 1.165) is 26.7 Å². The topological polar surface area (TPSA) is 86.3 Å². The van der Waals surface area contributed by atoms with Crippen molar-refractivity contribution in [3.63, 3.8) is 0 Å². The molecule has 0 fully saturated rings. The number of halogens is 1. The highest BCUT2D eigenvalue weighted by Crippen LogP contribution is 2.27. The summed E-state index contributed by atoms with van der Waals surface area (Å²) in [5.41, 5.74) is 4.19. The third-order valence-corrected chi connectivity index (χ3v) is 4.74. The molecule has 3 rings (SSSR count). The zero-order chi connectivity index (χ0) is 20.0. The molecule has 0 heterocycles. The Bertz CT molecular complexity index is 975. The van der Waals surface area contributed by atoms with Gasteiger partial charge in [-0.1, -0.05) is 58.4 Å². The van der Waals surface area contributed by atoms with Gasteiger partial charge in [-0.05, 0) is 36.1 Å². The van der Waals surface area contributed by atoms with Crippen LogP contribution in [-0.4, -0.2) is 9.85 Å². The third kappa shape index (κ3) is 5.46. The summed E-state index contributed by atoms with van der Waals surface area (Å²) in [6.07, 6.45) is 0. The SMILES string of the molecule is Cc1ccc([N+](=O)[O-])cc1-c1ccccc1.Cc1ccc([N+](=O)[O-])cc1Br. The molecule has 0 unspecified atom stereocenters. The second kappa shape index (κ2) is 9.05. The first kappa shape index (κ1) is 20.3. The van der Waals surface area contributed by atoms with Gasteiger partial charge in [0, 0.05) is 28.7 Å². The van der Waals surface area contributed by atoms with E-state index in [4.69, 9.17) is 0 Å². The fourth-order valence-corrected chi connectivity index (χ4v) is 2.71. The van der Waals surface area contributed by atoms with Crippen LogP contribution in [0.5, 0.6) is 0 Å². The first-order valence-corrected chi connectivity index (χ1v) is 8.80. The van der Waals surface area contributed by atoms with Gasteiger partial charge in [-0.2, -0.15) is 0 Å². The molecule has 0 bridgehead atoms. The van der Waals surface area contributed by atoms with Crippen LogP contribution in [0.4, 0.5) is 11.4 Å². The Kier molecular flexibility index (Phi) is 6.79. The van der Waals surface area contributed by atoms with Crippen molar-refractivity contribution in [2.75, 3.05) is 0 Å². The first-order chi connectivity index (χ1) is 12.8. The number of hydrogen-bond acceptors (Lipinski definition) is 4. The van der Waals surface area contributed by atoms with E-state index in [1.165, 1.54) is 18.2 Å². The van der Waals surface area contributed by atoms with E-state index in [2.05, 4.69) is 15.9 Å². The molecule has 0 aliphatic rings. The quantitative estimate of drug-likeness (QED) is 0.365. The molecular weight excluding hydrogens is 412 g/mol. The zero-order valence-electron chi connectivity index (χ0n) is 14.8. The molecule has 0 N–H and O–H groups in total. The van der Waals surface area contributed by atoms with E-state index in [0.29, 0.717) is 0 Å². The molecule has 0 aliphatic carbocycles. The van der Waals surface area contributed by atoms with Gasteiger partial charge in [-0.3, -0.25) is 20.2 Å². The molecule has 3 aromatic carbocycles. The lowest BCUT2D eigenvalue weighted by atomic mass is 10.0. The van der Waals surface area contributed by atoms with Gasteiger partial charge < -0.3 is 0 Å². The molecule has 3 aromatic rings. The van der Waals surface area contributed by atoms with Gasteiger partial charge >= 0.3 is 0 Å². The number of nitrogens with zero attached hydrogens (tertiary/aromatic N) is 2. The minimum absolute atomic E-state index is 0.113. The molecule has 6 nitrogen and oxygen atoms in total. The van der Waals surface area contributed by atoms with Crippen LogP contribution in [0.2, 0.25) is 0 Å². The molecule has 7 heteroatoms. The summed E-state index contributed by atoms with van der Waals surface area (Å²) in [5, 5.41) is 21.0. The molecule has 0 saturated heterocycles. The van der Waals surface area contributed by atoms with Crippen molar-refractivity contribution in [2.24, 2.45) is 0 Å². The van der Waals surface area contributed by atoms with Gasteiger partial charge in [0.15, 0.2) is 0 Å². The van der Waals surface area contributed by atoms with E-state index in [9.17, 15) is 20.2 Å². The molecule has 0 aliphatic heterocycles. The summed E-state index contributed by atoms with van der Waals surface area (Å²) in [6, 6.07) is 19.3. The van der Waals surface area contributed by atoms with Crippen LogP contribution in [-0.2, 0) is 0 Å². The van der Waals surface area contributed by atoms with E-state index in [1.54, 1.807) is 18.2 Å².